The van der Waals surface area contributed by atoms with Gasteiger partial charge in [0.15, 0.2) is 0 Å². The van der Waals surface area contributed by atoms with Gasteiger partial charge in [0.05, 0.1) is 5.02 Å². The standard InChI is InChI=1S/C32H19ClO/c33-32-27(18-19-30-31(32)28-13-5-6-15-29(28)34-30)26-17-16-25(23-11-3-4-12-24(23)26)22-14-7-9-20-8-1-2-10-21(20)22/h1-19H. The average Bonchev–Trinajstić information content (AvgIpc) is 3.28. The average molecular weight is 455 g/mol. The number of furan rings is 1. The van der Waals surface area contributed by atoms with E-state index >= 15 is 0 Å². The Bertz CT molecular complexity index is 1870. The van der Waals surface area contributed by atoms with Crippen molar-refractivity contribution < 1.29 is 4.42 Å². The zero-order chi connectivity index (χ0) is 22.6. The van der Waals surface area contributed by atoms with E-state index in [-0.39, 0.29) is 0 Å². The second-order valence-electron chi connectivity index (χ2n) is 8.63. The first kappa shape index (κ1) is 19.4. The molecule has 0 atom stereocenters. The normalized spacial score (nSPS) is 11.7. The predicted octanol–water partition coefficient (Wildman–Crippen LogP) is 9.88. The number of benzene rings is 6. The summed E-state index contributed by atoms with van der Waals surface area (Å²) in [6.07, 6.45) is 0. The maximum atomic E-state index is 7.07. The third kappa shape index (κ3) is 2.81. The van der Waals surface area contributed by atoms with Gasteiger partial charge in [-0.3, -0.25) is 0 Å². The molecule has 7 aromatic rings. The van der Waals surface area contributed by atoms with Crippen molar-refractivity contribution in [3.63, 3.8) is 0 Å². The van der Waals surface area contributed by atoms with Gasteiger partial charge in [-0.25, -0.2) is 0 Å². The Morgan fingerprint density at radius 3 is 1.76 bits per heavy atom. The molecule has 0 fully saturated rings. The van der Waals surface area contributed by atoms with E-state index in [9.17, 15) is 0 Å². The first-order valence-corrected chi connectivity index (χ1v) is 11.8. The van der Waals surface area contributed by atoms with Gasteiger partial charge >= 0.3 is 0 Å². The molecule has 0 unspecified atom stereocenters. The van der Waals surface area contributed by atoms with Crippen LogP contribution in [0.4, 0.5) is 0 Å². The fraction of sp³-hybridized carbons (Fsp3) is 0. The van der Waals surface area contributed by atoms with Gasteiger partial charge in [-0.15, -0.1) is 0 Å². The second-order valence-corrected chi connectivity index (χ2v) is 9.01. The van der Waals surface area contributed by atoms with Gasteiger partial charge in [0.25, 0.3) is 0 Å². The van der Waals surface area contributed by atoms with E-state index < -0.39 is 0 Å². The minimum Gasteiger partial charge on any atom is -0.456 e. The topological polar surface area (TPSA) is 13.1 Å². The van der Waals surface area contributed by atoms with Crippen molar-refractivity contribution in [2.24, 2.45) is 0 Å². The Labute approximate surface area is 201 Å². The van der Waals surface area contributed by atoms with Gasteiger partial charge in [-0.05, 0) is 56.4 Å². The van der Waals surface area contributed by atoms with Crippen molar-refractivity contribution in [1.29, 1.82) is 0 Å². The van der Waals surface area contributed by atoms with Crippen LogP contribution in [0.1, 0.15) is 0 Å². The third-order valence-corrected chi connectivity index (χ3v) is 7.17. The number of rotatable bonds is 2. The first-order chi connectivity index (χ1) is 16.8. The Hall–Kier alpha value is -4.07. The van der Waals surface area contributed by atoms with Crippen LogP contribution in [0.2, 0.25) is 5.02 Å². The molecule has 0 saturated carbocycles. The van der Waals surface area contributed by atoms with E-state index in [1.54, 1.807) is 0 Å². The summed E-state index contributed by atoms with van der Waals surface area (Å²) in [5.74, 6) is 0. The monoisotopic (exact) mass is 454 g/mol. The summed E-state index contributed by atoms with van der Waals surface area (Å²) < 4.78 is 6.05. The maximum Gasteiger partial charge on any atom is 0.136 e. The molecule has 0 aliphatic heterocycles. The van der Waals surface area contributed by atoms with Crippen LogP contribution in [0.25, 0.3) is 65.7 Å². The van der Waals surface area contributed by atoms with Gasteiger partial charge in [-0.1, -0.05) is 109 Å². The number of halogens is 1. The van der Waals surface area contributed by atoms with Crippen molar-refractivity contribution in [2.45, 2.75) is 0 Å². The first-order valence-electron chi connectivity index (χ1n) is 11.4. The molecular formula is C32H19ClO. The van der Waals surface area contributed by atoms with Crippen molar-refractivity contribution in [3.05, 3.63) is 120 Å². The van der Waals surface area contributed by atoms with Crippen molar-refractivity contribution >= 4 is 55.1 Å². The van der Waals surface area contributed by atoms with Crippen LogP contribution in [0.3, 0.4) is 0 Å². The molecular weight excluding hydrogens is 436 g/mol. The molecule has 6 aromatic carbocycles. The van der Waals surface area contributed by atoms with Gasteiger partial charge < -0.3 is 4.42 Å². The van der Waals surface area contributed by atoms with Crippen molar-refractivity contribution in [3.8, 4) is 22.3 Å². The van der Waals surface area contributed by atoms with Crippen LogP contribution in [0.5, 0.6) is 0 Å². The zero-order valence-electron chi connectivity index (χ0n) is 18.3. The molecule has 1 nitrogen and oxygen atoms in total. The highest BCUT2D eigenvalue weighted by Crippen LogP contribution is 2.44. The van der Waals surface area contributed by atoms with Crippen LogP contribution >= 0.6 is 11.6 Å². The molecule has 0 N–H and O–H groups in total. The number of fused-ring (bicyclic) bond motifs is 5. The van der Waals surface area contributed by atoms with Crippen LogP contribution in [0, 0.1) is 0 Å². The van der Waals surface area contributed by atoms with E-state index in [1.165, 1.54) is 32.7 Å². The fourth-order valence-corrected chi connectivity index (χ4v) is 5.57. The summed E-state index contributed by atoms with van der Waals surface area (Å²) in [6, 6.07) is 40.3. The quantitative estimate of drug-likeness (QED) is 0.253. The number of hydrogen-bond acceptors (Lipinski definition) is 1. The van der Waals surface area contributed by atoms with Gasteiger partial charge in [0.1, 0.15) is 11.2 Å². The second kappa shape index (κ2) is 7.48. The third-order valence-electron chi connectivity index (χ3n) is 6.77. The number of hydrogen-bond donors (Lipinski definition) is 0. The van der Waals surface area contributed by atoms with Crippen LogP contribution in [-0.4, -0.2) is 0 Å². The Morgan fingerprint density at radius 1 is 0.412 bits per heavy atom. The van der Waals surface area contributed by atoms with Gasteiger partial charge in [0, 0.05) is 16.3 Å². The summed E-state index contributed by atoms with van der Waals surface area (Å²) >= 11 is 7.07. The summed E-state index contributed by atoms with van der Waals surface area (Å²) in [6.45, 7) is 0. The van der Waals surface area contributed by atoms with Crippen molar-refractivity contribution in [1.82, 2.24) is 0 Å². The Kier molecular flexibility index (Phi) is 4.27. The highest BCUT2D eigenvalue weighted by molar-refractivity contribution is 6.40. The minimum absolute atomic E-state index is 0.727. The fourth-order valence-electron chi connectivity index (χ4n) is 5.21. The lowest BCUT2D eigenvalue weighted by molar-refractivity contribution is 0.669. The summed E-state index contributed by atoms with van der Waals surface area (Å²) in [5.41, 5.74) is 6.27. The minimum atomic E-state index is 0.727. The van der Waals surface area contributed by atoms with E-state index in [1.807, 2.05) is 24.3 Å². The lowest BCUT2D eigenvalue weighted by Gasteiger charge is -2.15. The summed E-state index contributed by atoms with van der Waals surface area (Å²) in [4.78, 5) is 0. The van der Waals surface area contributed by atoms with Gasteiger partial charge in [0.2, 0.25) is 0 Å². The molecule has 34 heavy (non-hydrogen) atoms. The predicted molar refractivity (Wildman–Crippen MR) is 145 cm³/mol. The Balaban J connectivity index is 1.52. The molecule has 0 saturated heterocycles. The lowest BCUT2D eigenvalue weighted by atomic mass is 9.90. The number of para-hydroxylation sites is 1. The van der Waals surface area contributed by atoms with Crippen molar-refractivity contribution in [2.75, 3.05) is 0 Å². The summed E-state index contributed by atoms with van der Waals surface area (Å²) in [7, 11) is 0. The molecule has 2 heteroatoms. The lowest BCUT2D eigenvalue weighted by Crippen LogP contribution is -1.88. The van der Waals surface area contributed by atoms with E-state index in [0.717, 1.165) is 38.1 Å². The smallest absolute Gasteiger partial charge is 0.136 e. The van der Waals surface area contributed by atoms with Crippen LogP contribution in [-0.2, 0) is 0 Å². The molecule has 0 radical (unpaired) electrons. The highest BCUT2D eigenvalue weighted by Gasteiger charge is 2.17. The van der Waals surface area contributed by atoms with E-state index in [0.29, 0.717) is 0 Å². The molecule has 0 aliphatic rings. The molecule has 1 aromatic heterocycles. The molecule has 160 valence electrons. The molecule has 7 rings (SSSR count). The SMILES string of the molecule is Clc1c(-c2ccc(-c3cccc4ccccc34)c3ccccc23)ccc2oc3ccccc3c12. The molecule has 1 heterocycles. The zero-order valence-corrected chi connectivity index (χ0v) is 19.0. The van der Waals surface area contributed by atoms with Crippen LogP contribution < -0.4 is 0 Å². The van der Waals surface area contributed by atoms with Crippen LogP contribution in [0.15, 0.2) is 120 Å². The molecule has 0 aliphatic carbocycles. The highest BCUT2D eigenvalue weighted by atomic mass is 35.5. The largest absolute Gasteiger partial charge is 0.456 e. The Morgan fingerprint density at radius 2 is 0.971 bits per heavy atom. The van der Waals surface area contributed by atoms with E-state index in [4.69, 9.17) is 16.0 Å². The molecule has 0 bridgehead atoms. The molecule has 0 spiro atoms. The maximum absolute atomic E-state index is 7.07. The van der Waals surface area contributed by atoms with E-state index in [2.05, 4.69) is 91.0 Å². The summed E-state index contributed by atoms with van der Waals surface area (Å²) in [5, 5.41) is 7.63. The molecule has 0 amide bonds. The van der Waals surface area contributed by atoms with Gasteiger partial charge in [-0.2, -0.15) is 0 Å².